The van der Waals surface area contributed by atoms with Crippen LogP contribution >= 0.6 is 0 Å². The molecule has 1 aromatic carbocycles. The first-order chi connectivity index (χ1) is 14.1. The number of hydrogen-bond donors (Lipinski definition) is 0. The van der Waals surface area contributed by atoms with Gasteiger partial charge in [0.2, 0.25) is 5.82 Å². The number of aromatic nitrogens is 3. The molecule has 1 aliphatic rings. The first-order valence-corrected chi connectivity index (χ1v) is 9.69. The van der Waals surface area contributed by atoms with Crippen molar-refractivity contribution < 1.29 is 13.5 Å². The van der Waals surface area contributed by atoms with Crippen molar-refractivity contribution in [1.29, 1.82) is 0 Å². The fourth-order valence-electron chi connectivity index (χ4n) is 3.83. The van der Waals surface area contributed by atoms with Gasteiger partial charge in [-0.05, 0) is 18.6 Å². The first-order valence-electron chi connectivity index (χ1n) is 9.69. The van der Waals surface area contributed by atoms with E-state index < -0.39 is 11.6 Å². The van der Waals surface area contributed by atoms with Crippen molar-refractivity contribution in [3.05, 3.63) is 65.6 Å². The van der Waals surface area contributed by atoms with Crippen molar-refractivity contribution >= 4 is 5.69 Å². The molecule has 3 aromatic rings. The number of hydrogen-bond acceptors (Lipinski definition) is 5. The summed E-state index contributed by atoms with van der Waals surface area (Å²) in [4.78, 5) is 15.7. The molecule has 0 spiro atoms. The molecule has 0 saturated heterocycles. The summed E-state index contributed by atoms with van der Waals surface area (Å²) in [5.74, 6) is -1.38. The molecular weight excluding hydrogens is 374 g/mol. The average Bonchev–Trinajstić information content (AvgIpc) is 2.76. The summed E-state index contributed by atoms with van der Waals surface area (Å²) in [5, 5.41) is 0. The molecule has 5 nitrogen and oxygen atoms in total. The Hall–Kier alpha value is -3.09. The van der Waals surface area contributed by atoms with Gasteiger partial charge in [0.05, 0.1) is 18.8 Å². The molecule has 0 radical (unpaired) electrons. The predicted octanol–water partition coefficient (Wildman–Crippen LogP) is 4.73. The SMILES string of the molecule is CCCC1c2cnc(-c3ccccn3)nc2CCN1c1cc(F)c(F)c(OC)c1. The summed E-state index contributed by atoms with van der Waals surface area (Å²) in [7, 11) is 1.34. The van der Waals surface area contributed by atoms with Crippen LogP contribution in [0.4, 0.5) is 14.5 Å². The minimum absolute atomic E-state index is 0.0175. The monoisotopic (exact) mass is 396 g/mol. The number of methoxy groups -OCH3 is 1. The molecule has 4 rings (SSSR count). The van der Waals surface area contributed by atoms with Gasteiger partial charge in [0.15, 0.2) is 17.4 Å². The highest BCUT2D eigenvalue weighted by atomic mass is 19.2. The summed E-state index contributed by atoms with van der Waals surface area (Å²) in [6.45, 7) is 2.74. The minimum Gasteiger partial charge on any atom is -0.493 e. The fourth-order valence-corrected chi connectivity index (χ4v) is 3.83. The Kier molecular flexibility index (Phi) is 5.38. The Morgan fingerprint density at radius 2 is 2.07 bits per heavy atom. The number of nitrogens with zero attached hydrogens (tertiary/aromatic N) is 4. The smallest absolute Gasteiger partial charge is 0.200 e. The quantitative estimate of drug-likeness (QED) is 0.624. The Morgan fingerprint density at radius 3 is 2.79 bits per heavy atom. The van der Waals surface area contributed by atoms with Gasteiger partial charge in [-0.1, -0.05) is 19.4 Å². The van der Waals surface area contributed by atoms with Gasteiger partial charge in [-0.3, -0.25) is 4.98 Å². The van der Waals surface area contributed by atoms with Gasteiger partial charge in [0.25, 0.3) is 0 Å². The zero-order valence-electron chi connectivity index (χ0n) is 16.4. The van der Waals surface area contributed by atoms with Gasteiger partial charge < -0.3 is 9.64 Å². The lowest BCUT2D eigenvalue weighted by Gasteiger charge is -2.38. The lowest BCUT2D eigenvalue weighted by molar-refractivity contribution is 0.371. The Bertz CT molecular complexity index is 1010. The molecule has 0 N–H and O–H groups in total. The van der Waals surface area contributed by atoms with Crippen LogP contribution in [-0.4, -0.2) is 28.6 Å². The van der Waals surface area contributed by atoms with E-state index in [1.54, 1.807) is 12.3 Å². The highest BCUT2D eigenvalue weighted by molar-refractivity contribution is 5.56. The molecule has 29 heavy (non-hydrogen) atoms. The molecule has 1 atom stereocenters. The number of ether oxygens (including phenoxy) is 1. The number of fused-ring (bicyclic) bond motifs is 1. The Balaban J connectivity index is 1.73. The highest BCUT2D eigenvalue weighted by Gasteiger charge is 2.30. The van der Waals surface area contributed by atoms with Gasteiger partial charge in [-0.25, -0.2) is 14.4 Å². The third-order valence-electron chi connectivity index (χ3n) is 5.21. The van der Waals surface area contributed by atoms with Crippen molar-refractivity contribution in [2.75, 3.05) is 18.6 Å². The summed E-state index contributed by atoms with van der Waals surface area (Å²) in [5.41, 5.74) is 3.32. The molecule has 0 aliphatic carbocycles. The first kappa shape index (κ1) is 19.2. The molecule has 150 valence electrons. The molecule has 1 unspecified atom stereocenters. The average molecular weight is 396 g/mol. The molecule has 0 bridgehead atoms. The molecule has 3 heterocycles. The van der Waals surface area contributed by atoms with Gasteiger partial charge >= 0.3 is 0 Å². The van der Waals surface area contributed by atoms with E-state index in [-0.39, 0.29) is 11.8 Å². The van der Waals surface area contributed by atoms with Crippen LogP contribution in [0.25, 0.3) is 11.5 Å². The fraction of sp³-hybridized carbons (Fsp3) is 0.318. The van der Waals surface area contributed by atoms with Crippen molar-refractivity contribution in [1.82, 2.24) is 15.0 Å². The standard InChI is InChI=1S/C22H22F2N4O/c1-3-6-19-15-13-26-22(18-7-4-5-9-25-18)27-17(15)8-10-28(19)14-11-16(23)21(24)20(12-14)29-2/h4-5,7,9,11-13,19H,3,6,8,10H2,1-2H3. The van der Waals surface area contributed by atoms with E-state index in [0.29, 0.717) is 24.5 Å². The minimum atomic E-state index is -0.968. The summed E-state index contributed by atoms with van der Waals surface area (Å²) < 4.78 is 33.0. The number of anilines is 1. The zero-order chi connectivity index (χ0) is 20.4. The van der Waals surface area contributed by atoms with Gasteiger partial charge in [0.1, 0.15) is 5.69 Å². The number of halogens is 2. The van der Waals surface area contributed by atoms with Crippen molar-refractivity contribution in [2.45, 2.75) is 32.2 Å². The number of rotatable bonds is 5. The van der Waals surface area contributed by atoms with Gasteiger partial charge in [-0.2, -0.15) is 4.39 Å². The molecule has 1 aliphatic heterocycles. The van der Waals surface area contributed by atoms with Gasteiger partial charge in [0, 0.05) is 48.7 Å². The molecule has 2 aromatic heterocycles. The van der Waals surface area contributed by atoms with E-state index in [0.717, 1.165) is 29.8 Å². The predicted molar refractivity (Wildman–Crippen MR) is 107 cm³/mol. The third-order valence-corrected chi connectivity index (χ3v) is 5.21. The highest BCUT2D eigenvalue weighted by Crippen LogP contribution is 2.38. The van der Waals surface area contributed by atoms with E-state index in [4.69, 9.17) is 9.72 Å². The zero-order valence-corrected chi connectivity index (χ0v) is 16.4. The van der Waals surface area contributed by atoms with E-state index in [2.05, 4.69) is 21.8 Å². The molecule has 0 saturated carbocycles. The number of pyridine rings is 1. The second-order valence-electron chi connectivity index (χ2n) is 7.00. The maximum atomic E-state index is 14.1. The second kappa shape index (κ2) is 8.11. The number of benzene rings is 1. The van der Waals surface area contributed by atoms with E-state index >= 15 is 0 Å². The lowest BCUT2D eigenvalue weighted by atomic mass is 9.94. The summed E-state index contributed by atoms with van der Waals surface area (Å²) in [6, 6.07) is 8.41. The van der Waals surface area contributed by atoms with Crippen LogP contribution in [0.3, 0.4) is 0 Å². The van der Waals surface area contributed by atoms with Crippen LogP contribution in [0.15, 0.2) is 42.7 Å². The van der Waals surface area contributed by atoms with Crippen molar-refractivity contribution in [2.24, 2.45) is 0 Å². The van der Waals surface area contributed by atoms with Gasteiger partial charge in [-0.15, -0.1) is 0 Å². The molecule has 0 amide bonds. The van der Waals surface area contributed by atoms with E-state index in [9.17, 15) is 8.78 Å². The normalized spacial score (nSPS) is 15.9. The van der Waals surface area contributed by atoms with Crippen LogP contribution in [0.5, 0.6) is 5.75 Å². The maximum absolute atomic E-state index is 14.1. The van der Waals surface area contributed by atoms with Crippen LogP contribution in [0, 0.1) is 11.6 Å². The van der Waals surface area contributed by atoms with Crippen LogP contribution in [0.2, 0.25) is 0 Å². The topological polar surface area (TPSA) is 51.1 Å². The molecular formula is C22H22F2N4O. The Morgan fingerprint density at radius 1 is 1.21 bits per heavy atom. The van der Waals surface area contributed by atoms with Crippen molar-refractivity contribution in [3.8, 4) is 17.3 Å². The van der Waals surface area contributed by atoms with Crippen LogP contribution in [-0.2, 0) is 6.42 Å². The van der Waals surface area contributed by atoms with E-state index in [1.165, 1.54) is 13.2 Å². The Labute approximate surface area is 168 Å². The molecule has 0 fully saturated rings. The van der Waals surface area contributed by atoms with Crippen LogP contribution in [0.1, 0.15) is 37.1 Å². The summed E-state index contributed by atoms with van der Waals surface area (Å²) >= 11 is 0. The summed E-state index contributed by atoms with van der Waals surface area (Å²) in [6.07, 6.45) is 6.02. The maximum Gasteiger partial charge on any atom is 0.200 e. The lowest BCUT2D eigenvalue weighted by Crippen LogP contribution is -2.36. The second-order valence-corrected chi connectivity index (χ2v) is 7.00. The largest absolute Gasteiger partial charge is 0.493 e. The van der Waals surface area contributed by atoms with E-state index in [1.807, 2.05) is 24.4 Å². The van der Waals surface area contributed by atoms with Crippen molar-refractivity contribution in [3.63, 3.8) is 0 Å². The van der Waals surface area contributed by atoms with Crippen LogP contribution < -0.4 is 9.64 Å². The molecule has 7 heteroatoms. The third kappa shape index (κ3) is 3.64.